The summed E-state index contributed by atoms with van der Waals surface area (Å²) < 4.78 is 26.6. The molecule has 0 saturated heterocycles. The van der Waals surface area contributed by atoms with E-state index >= 15 is 0 Å². The summed E-state index contributed by atoms with van der Waals surface area (Å²) in [5.41, 5.74) is 0.444. The molecule has 1 rings (SSSR count). The molecule has 1 aromatic carbocycles. The lowest BCUT2D eigenvalue weighted by Gasteiger charge is -2.17. The van der Waals surface area contributed by atoms with Gasteiger partial charge in [-0.25, -0.2) is 8.78 Å². The molecule has 102 valence electrons. The maximum absolute atomic E-state index is 13.5. The monoisotopic (exact) mass is 273 g/mol. The minimum atomic E-state index is -0.379. The van der Waals surface area contributed by atoms with Gasteiger partial charge in [0.2, 0.25) is 0 Å². The van der Waals surface area contributed by atoms with Gasteiger partial charge >= 0.3 is 0 Å². The van der Waals surface area contributed by atoms with Gasteiger partial charge in [-0.05, 0) is 48.9 Å². The van der Waals surface area contributed by atoms with Crippen LogP contribution in [0.1, 0.15) is 19.4 Å². The smallest absolute Gasteiger partial charge is 0.126 e. The molecule has 0 saturated carbocycles. The van der Waals surface area contributed by atoms with Gasteiger partial charge in [-0.2, -0.15) is 11.8 Å². The van der Waals surface area contributed by atoms with Crippen molar-refractivity contribution in [2.24, 2.45) is 5.92 Å². The molecule has 0 spiro atoms. The first-order valence-electron chi connectivity index (χ1n) is 6.22. The van der Waals surface area contributed by atoms with E-state index < -0.39 is 0 Å². The fourth-order valence-corrected chi connectivity index (χ4v) is 2.83. The Kier molecular flexibility index (Phi) is 6.65. The van der Waals surface area contributed by atoms with Crippen LogP contribution < -0.4 is 5.32 Å². The van der Waals surface area contributed by atoms with E-state index in [9.17, 15) is 8.78 Å². The molecule has 18 heavy (non-hydrogen) atoms. The third-order valence-corrected chi connectivity index (χ3v) is 4.19. The van der Waals surface area contributed by atoms with Gasteiger partial charge in [0.15, 0.2) is 0 Å². The van der Waals surface area contributed by atoms with E-state index in [1.165, 1.54) is 12.1 Å². The summed E-state index contributed by atoms with van der Waals surface area (Å²) >= 11 is 1.84. The van der Waals surface area contributed by atoms with Crippen molar-refractivity contribution in [1.82, 2.24) is 5.32 Å². The number of halogens is 2. The zero-order valence-corrected chi connectivity index (χ0v) is 12.0. The molecule has 1 aromatic rings. The standard InChI is InChI=1S/C14H21F2NS/c1-10(2)8-18-9-13(17-3)7-11-6-12(15)4-5-14(11)16/h4-6,10,13,17H,7-9H2,1-3H3. The van der Waals surface area contributed by atoms with E-state index in [-0.39, 0.29) is 17.7 Å². The fourth-order valence-electron chi connectivity index (χ4n) is 1.66. The molecule has 4 heteroatoms. The van der Waals surface area contributed by atoms with Crippen LogP contribution >= 0.6 is 11.8 Å². The fraction of sp³-hybridized carbons (Fsp3) is 0.571. The summed E-state index contributed by atoms with van der Waals surface area (Å²) in [7, 11) is 1.86. The number of hydrogen-bond donors (Lipinski definition) is 1. The first-order valence-corrected chi connectivity index (χ1v) is 7.37. The first kappa shape index (κ1) is 15.4. The van der Waals surface area contributed by atoms with Crippen LogP contribution in [0, 0.1) is 17.6 Å². The summed E-state index contributed by atoms with van der Waals surface area (Å²) in [6, 6.07) is 3.80. The molecule has 0 heterocycles. The van der Waals surface area contributed by atoms with Gasteiger partial charge in [-0.1, -0.05) is 13.8 Å². The first-order chi connectivity index (χ1) is 8.52. The Bertz CT molecular complexity index is 369. The normalized spacial score (nSPS) is 13.0. The summed E-state index contributed by atoms with van der Waals surface area (Å²) in [5.74, 6) is 1.94. The van der Waals surface area contributed by atoms with Crippen LogP contribution in [0.3, 0.4) is 0 Å². The molecule has 1 unspecified atom stereocenters. The molecule has 0 aromatic heterocycles. The highest BCUT2D eigenvalue weighted by atomic mass is 32.2. The van der Waals surface area contributed by atoms with E-state index in [1.807, 2.05) is 18.8 Å². The Morgan fingerprint density at radius 3 is 2.56 bits per heavy atom. The second kappa shape index (κ2) is 7.74. The van der Waals surface area contributed by atoms with Crippen LogP contribution in [0.4, 0.5) is 8.78 Å². The molecule has 0 bridgehead atoms. The van der Waals surface area contributed by atoms with Crippen LogP contribution in [-0.4, -0.2) is 24.6 Å². The summed E-state index contributed by atoms with van der Waals surface area (Å²) in [4.78, 5) is 0. The summed E-state index contributed by atoms with van der Waals surface area (Å²) in [6.45, 7) is 4.35. The number of hydrogen-bond acceptors (Lipinski definition) is 2. The molecule has 0 aliphatic carbocycles. The average Bonchev–Trinajstić information content (AvgIpc) is 2.32. The predicted molar refractivity (Wildman–Crippen MR) is 75.1 cm³/mol. The van der Waals surface area contributed by atoms with Crippen LogP contribution in [0.2, 0.25) is 0 Å². The zero-order chi connectivity index (χ0) is 13.5. The Hall–Kier alpha value is -0.610. The Morgan fingerprint density at radius 1 is 1.22 bits per heavy atom. The summed E-state index contributed by atoms with van der Waals surface area (Å²) in [6.07, 6.45) is 0.519. The van der Waals surface area contributed by atoms with Crippen LogP contribution in [0.15, 0.2) is 18.2 Å². The maximum Gasteiger partial charge on any atom is 0.126 e. The van der Waals surface area contributed by atoms with Crippen molar-refractivity contribution < 1.29 is 8.78 Å². The van der Waals surface area contributed by atoms with E-state index in [4.69, 9.17) is 0 Å². The lowest BCUT2D eigenvalue weighted by atomic mass is 10.1. The van der Waals surface area contributed by atoms with Crippen molar-refractivity contribution >= 4 is 11.8 Å². The highest BCUT2D eigenvalue weighted by Crippen LogP contribution is 2.15. The minimum Gasteiger partial charge on any atom is -0.316 e. The molecule has 0 amide bonds. The number of benzene rings is 1. The van der Waals surface area contributed by atoms with Crippen LogP contribution in [0.5, 0.6) is 0 Å². The van der Waals surface area contributed by atoms with Crippen LogP contribution in [-0.2, 0) is 6.42 Å². The molecule has 1 nitrogen and oxygen atoms in total. The Labute approximate surface area is 112 Å². The zero-order valence-electron chi connectivity index (χ0n) is 11.2. The summed E-state index contributed by atoms with van der Waals surface area (Å²) in [5, 5.41) is 3.16. The van der Waals surface area contributed by atoms with Crippen molar-refractivity contribution in [2.75, 3.05) is 18.6 Å². The number of rotatable bonds is 7. The van der Waals surface area contributed by atoms with Gasteiger partial charge in [-0.15, -0.1) is 0 Å². The Morgan fingerprint density at radius 2 is 1.94 bits per heavy atom. The maximum atomic E-state index is 13.5. The number of thioether (sulfide) groups is 1. The van der Waals surface area contributed by atoms with E-state index in [1.54, 1.807) is 0 Å². The van der Waals surface area contributed by atoms with Crippen molar-refractivity contribution in [1.29, 1.82) is 0 Å². The van der Waals surface area contributed by atoms with Gasteiger partial charge in [0.1, 0.15) is 11.6 Å². The van der Waals surface area contributed by atoms with Gasteiger partial charge in [-0.3, -0.25) is 0 Å². The molecular formula is C14H21F2NS. The van der Waals surface area contributed by atoms with Crippen molar-refractivity contribution in [3.05, 3.63) is 35.4 Å². The van der Waals surface area contributed by atoms with Gasteiger partial charge in [0.05, 0.1) is 0 Å². The molecule has 1 N–H and O–H groups in total. The van der Waals surface area contributed by atoms with Gasteiger partial charge < -0.3 is 5.32 Å². The molecule has 1 atom stereocenters. The molecule has 0 radical (unpaired) electrons. The van der Waals surface area contributed by atoms with Crippen molar-refractivity contribution in [2.45, 2.75) is 26.3 Å². The largest absolute Gasteiger partial charge is 0.316 e. The highest BCUT2D eigenvalue weighted by Gasteiger charge is 2.12. The van der Waals surface area contributed by atoms with E-state index in [0.717, 1.165) is 17.6 Å². The second-order valence-corrected chi connectivity index (χ2v) is 5.93. The third kappa shape index (κ3) is 5.36. The van der Waals surface area contributed by atoms with Gasteiger partial charge in [0, 0.05) is 11.8 Å². The van der Waals surface area contributed by atoms with Gasteiger partial charge in [0.25, 0.3) is 0 Å². The lowest BCUT2D eigenvalue weighted by Crippen LogP contribution is -2.30. The second-order valence-electron chi connectivity index (χ2n) is 4.86. The molecule has 0 fully saturated rings. The third-order valence-electron chi connectivity index (χ3n) is 2.65. The molecule has 0 aliphatic heterocycles. The SMILES string of the molecule is CNC(CSCC(C)C)Cc1cc(F)ccc1F. The number of likely N-dealkylation sites (N-methyl/N-ethyl adjacent to an activating group) is 1. The predicted octanol–water partition coefficient (Wildman–Crippen LogP) is 3.48. The van der Waals surface area contributed by atoms with E-state index in [0.29, 0.717) is 17.9 Å². The lowest BCUT2D eigenvalue weighted by molar-refractivity contribution is 0.555. The average molecular weight is 273 g/mol. The molecule has 0 aliphatic rings. The van der Waals surface area contributed by atoms with Crippen molar-refractivity contribution in [3.63, 3.8) is 0 Å². The molecular weight excluding hydrogens is 252 g/mol. The quantitative estimate of drug-likeness (QED) is 0.816. The Balaban J connectivity index is 2.54. The minimum absolute atomic E-state index is 0.171. The van der Waals surface area contributed by atoms with Crippen LogP contribution in [0.25, 0.3) is 0 Å². The topological polar surface area (TPSA) is 12.0 Å². The number of nitrogens with one attached hydrogen (secondary N) is 1. The van der Waals surface area contributed by atoms with E-state index in [2.05, 4.69) is 19.2 Å². The highest BCUT2D eigenvalue weighted by molar-refractivity contribution is 7.99. The van der Waals surface area contributed by atoms with Crippen molar-refractivity contribution in [3.8, 4) is 0 Å².